The zero-order valence-corrected chi connectivity index (χ0v) is 17.5. The molecule has 0 atom stereocenters. The number of carbonyl (C=O) groups excluding carboxylic acids is 1. The molecule has 0 bridgehead atoms. The molecule has 1 fully saturated rings. The van der Waals surface area contributed by atoms with Crippen molar-refractivity contribution in [1.82, 2.24) is 5.32 Å². The van der Waals surface area contributed by atoms with Crippen molar-refractivity contribution in [3.8, 4) is 23.0 Å². The summed E-state index contributed by atoms with van der Waals surface area (Å²) in [5.41, 5.74) is 1.54. The lowest BCUT2D eigenvalue weighted by Crippen LogP contribution is -2.39. The summed E-state index contributed by atoms with van der Waals surface area (Å²) in [6.07, 6.45) is 4.30. The molecule has 156 valence electrons. The number of benzene rings is 2. The fourth-order valence-electron chi connectivity index (χ4n) is 4.12. The fraction of sp³-hybridized carbons (Fsp3) is 0.435. The third kappa shape index (κ3) is 4.26. The normalized spacial score (nSPS) is 14.9. The molecule has 6 heteroatoms. The minimum Gasteiger partial charge on any atom is -0.497 e. The second-order valence-electron chi connectivity index (χ2n) is 7.31. The third-order valence-corrected chi connectivity index (χ3v) is 5.80. The smallest absolute Gasteiger partial charge is 0.255 e. The third-order valence-electron chi connectivity index (χ3n) is 5.80. The Morgan fingerprint density at radius 3 is 2.17 bits per heavy atom. The first-order chi connectivity index (χ1) is 14.1. The van der Waals surface area contributed by atoms with E-state index < -0.39 is 0 Å². The predicted octanol–water partition coefficient (Wildman–Crippen LogP) is 3.96. The molecular weight excluding hydrogens is 370 g/mol. The van der Waals surface area contributed by atoms with E-state index in [1.54, 1.807) is 46.6 Å². The molecule has 0 unspecified atom stereocenters. The Balaban J connectivity index is 1.82. The van der Waals surface area contributed by atoms with Crippen LogP contribution in [0.3, 0.4) is 0 Å². The molecule has 29 heavy (non-hydrogen) atoms. The SMILES string of the molecule is COc1ccc(C(=O)NCC2(c3ccc(OC)c(OC)c3)CCCC2)c(OC)c1. The average molecular weight is 399 g/mol. The lowest BCUT2D eigenvalue weighted by atomic mass is 9.78. The van der Waals surface area contributed by atoms with Crippen molar-refractivity contribution in [3.63, 3.8) is 0 Å². The number of ether oxygens (including phenoxy) is 4. The van der Waals surface area contributed by atoms with Crippen LogP contribution < -0.4 is 24.3 Å². The number of rotatable bonds is 8. The maximum atomic E-state index is 12.9. The molecule has 2 aromatic carbocycles. The quantitative estimate of drug-likeness (QED) is 0.728. The molecule has 0 radical (unpaired) electrons. The first-order valence-electron chi connectivity index (χ1n) is 9.79. The highest BCUT2D eigenvalue weighted by molar-refractivity contribution is 5.97. The molecule has 2 aromatic rings. The lowest BCUT2D eigenvalue weighted by Gasteiger charge is -2.30. The van der Waals surface area contributed by atoms with Gasteiger partial charge in [-0.2, -0.15) is 0 Å². The van der Waals surface area contributed by atoms with Crippen molar-refractivity contribution >= 4 is 5.91 Å². The van der Waals surface area contributed by atoms with Gasteiger partial charge in [-0.3, -0.25) is 4.79 Å². The molecule has 0 aliphatic heterocycles. The second kappa shape index (κ2) is 9.07. The van der Waals surface area contributed by atoms with Crippen molar-refractivity contribution in [2.45, 2.75) is 31.1 Å². The predicted molar refractivity (Wildman–Crippen MR) is 112 cm³/mol. The van der Waals surface area contributed by atoms with Gasteiger partial charge in [-0.05, 0) is 42.7 Å². The summed E-state index contributed by atoms with van der Waals surface area (Å²) in [7, 11) is 6.40. The Bertz CT molecular complexity index is 858. The Hall–Kier alpha value is -2.89. The highest BCUT2D eigenvalue weighted by Crippen LogP contribution is 2.43. The van der Waals surface area contributed by atoms with Crippen LogP contribution in [-0.4, -0.2) is 40.9 Å². The minimum atomic E-state index is -0.156. The summed E-state index contributed by atoms with van der Waals surface area (Å²) in [6, 6.07) is 11.2. The first-order valence-corrected chi connectivity index (χ1v) is 9.79. The Morgan fingerprint density at radius 1 is 0.862 bits per heavy atom. The molecule has 0 spiro atoms. The van der Waals surface area contributed by atoms with E-state index >= 15 is 0 Å². The van der Waals surface area contributed by atoms with Crippen LogP contribution in [0.25, 0.3) is 0 Å². The van der Waals surface area contributed by atoms with E-state index in [2.05, 4.69) is 11.4 Å². The van der Waals surface area contributed by atoms with Crippen LogP contribution >= 0.6 is 0 Å². The van der Waals surface area contributed by atoms with E-state index in [0.29, 0.717) is 35.1 Å². The van der Waals surface area contributed by atoms with E-state index in [1.807, 2.05) is 12.1 Å². The van der Waals surface area contributed by atoms with E-state index in [-0.39, 0.29) is 11.3 Å². The number of hydrogen-bond donors (Lipinski definition) is 1. The van der Waals surface area contributed by atoms with E-state index in [1.165, 1.54) is 0 Å². The van der Waals surface area contributed by atoms with Gasteiger partial charge in [0.15, 0.2) is 11.5 Å². The highest BCUT2D eigenvalue weighted by atomic mass is 16.5. The van der Waals surface area contributed by atoms with Gasteiger partial charge in [0.1, 0.15) is 11.5 Å². The zero-order chi connectivity index (χ0) is 20.9. The standard InChI is InChI=1S/C23H29NO5/c1-26-17-8-9-18(20(14-17)28-3)22(25)24-15-23(11-5-6-12-23)16-7-10-19(27-2)21(13-16)29-4/h7-10,13-14H,5-6,11-12,15H2,1-4H3,(H,24,25). The molecule has 1 N–H and O–H groups in total. The molecule has 1 aliphatic rings. The second-order valence-corrected chi connectivity index (χ2v) is 7.31. The Labute approximate surface area is 172 Å². The lowest BCUT2D eigenvalue weighted by molar-refractivity contribution is 0.0940. The number of nitrogens with one attached hydrogen (secondary N) is 1. The minimum absolute atomic E-state index is 0.116. The summed E-state index contributed by atoms with van der Waals surface area (Å²) in [5.74, 6) is 2.40. The van der Waals surface area contributed by atoms with Crippen LogP contribution in [0.5, 0.6) is 23.0 Å². The number of hydrogen-bond acceptors (Lipinski definition) is 5. The van der Waals surface area contributed by atoms with E-state index in [0.717, 1.165) is 31.2 Å². The summed E-state index contributed by atoms with van der Waals surface area (Å²) >= 11 is 0. The molecule has 1 amide bonds. The molecule has 0 heterocycles. The van der Waals surface area contributed by atoms with Gasteiger partial charge in [-0.15, -0.1) is 0 Å². The molecular formula is C23H29NO5. The topological polar surface area (TPSA) is 66.0 Å². The summed E-state index contributed by atoms with van der Waals surface area (Å²) < 4.78 is 21.4. The zero-order valence-electron chi connectivity index (χ0n) is 17.5. The van der Waals surface area contributed by atoms with Crippen molar-refractivity contribution in [1.29, 1.82) is 0 Å². The van der Waals surface area contributed by atoms with Gasteiger partial charge >= 0.3 is 0 Å². The maximum absolute atomic E-state index is 12.9. The van der Waals surface area contributed by atoms with Crippen LogP contribution in [0.2, 0.25) is 0 Å². The van der Waals surface area contributed by atoms with Gasteiger partial charge in [0, 0.05) is 18.0 Å². The molecule has 1 aliphatic carbocycles. The van der Waals surface area contributed by atoms with Crippen molar-refractivity contribution in [3.05, 3.63) is 47.5 Å². The molecule has 3 rings (SSSR count). The van der Waals surface area contributed by atoms with Crippen molar-refractivity contribution in [2.75, 3.05) is 35.0 Å². The van der Waals surface area contributed by atoms with Crippen LogP contribution in [0.1, 0.15) is 41.6 Å². The number of amides is 1. The van der Waals surface area contributed by atoms with Gasteiger partial charge in [0.05, 0.1) is 34.0 Å². The average Bonchev–Trinajstić information content (AvgIpc) is 3.26. The van der Waals surface area contributed by atoms with Crippen LogP contribution in [0, 0.1) is 0 Å². The molecule has 1 saturated carbocycles. The summed E-state index contributed by atoms with van der Waals surface area (Å²) in [4.78, 5) is 12.9. The molecule has 6 nitrogen and oxygen atoms in total. The van der Waals surface area contributed by atoms with Gasteiger partial charge in [-0.1, -0.05) is 18.9 Å². The van der Waals surface area contributed by atoms with Crippen LogP contribution in [-0.2, 0) is 5.41 Å². The summed E-state index contributed by atoms with van der Waals surface area (Å²) in [6.45, 7) is 0.552. The van der Waals surface area contributed by atoms with Crippen LogP contribution in [0.4, 0.5) is 0 Å². The van der Waals surface area contributed by atoms with E-state index in [9.17, 15) is 4.79 Å². The summed E-state index contributed by atoms with van der Waals surface area (Å²) in [5, 5.41) is 3.13. The highest BCUT2D eigenvalue weighted by Gasteiger charge is 2.36. The molecule has 0 aromatic heterocycles. The van der Waals surface area contributed by atoms with Gasteiger partial charge < -0.3 is 24.3 Å². The largest absolute Gasteiger partial charge is 0.497 e. The monoisotopic (exact) mass is 399 g/mol. The van der Waals surface area contributed by atoms with Crippen molar-refractivity contribution in [2.24, 2.45) is 0 Å². The Kier molecular flexibility index (Phi) is 6.52. The van der Waals surface area contributed by atoms with Crippen LogP contribution in [0.15, 0.2) is 36.4 Å². The van der Waals surface area contributed by atoms with Crippen molar-refractivity contribution < 1.29 is 23.7 Å². The number of carbonyl (C=O) groups is 1. The molecule has 0 saturated heterocycles. The number of methoxy groups -OCH3 is 4. The van der Waals surface area contributed by atoms with Gasteiger partial charge in [-0.25, -0.2) is 0 Å². The maximum Gasteiger partial charge on any atom is 0.255 e. The fourth-order valence-corrected chi connectivity index (χ4v) is 4.12. The van der Waals surface area contributed by atoms with Gasteiger partial charge in [0.2, 0.25) is 0 Å². The Morgan fingerprint density at radius 2 is 1.55 bits per heavy atom. The van der Waals surface area contributed by atoms with Gasteiger partial charge in [0.25, 0.3) is 5.91 Å². The van der Waals surface area contributed by atoms with E-state index in [4.69, 9.17) is 18.9 Å². The first kappa shape index (κ1) is 20.8.